The van der Waals surface area contributed by atoms with Gasteiger partial charge < -0.3 is 20.3 Å². The van der Waals surface area contributed by atoms with Gasteiger partial charge in [-0.3, -0.25) is 9.59 Å². The topological polar surface area (TPSA) is 133 Å². The Labute approximate surface area is 201 Å². The van der Waals surface area contributed by atoms with E-state index in [1.165, 1.54) is 6.07 Å². The zero-order valence-electron chi connectivity index (χ0n) is 18.7. The molecule has 8 heteroatoms. The summed E-state index contributed by atoms with van der Waals surface area (Å²) in [4.78, 5) is 28.6. The number of hydrogen-bond donors (Lipinski definition) is 3. The Kier molecular flexibility index (Phi) is 6.60. The fourth-order valence-electron chi connectivity index (χ4n) is 3.83. The second-order valence-corrected chi connectivity index (χ2v) is 7.87. The number of carbonyl (C=O) groups excluding carboxylic acids is 1. The number of amides is 1. The third-order valence-electron chi connectivity index (χ3n) is 5.50. The zero-order valence-corrected chi connectivity index (χ0v) is 18.7. The second-order valence-electron chi connectivity index (χ2n) is 7.87. The minimum atomic E-state index is -1.10. The molecule has 4 aromatic rings. The van der Waals surface area contributed by atoms with E-state index in [2.05, 4.69) is 10.3 Å². The van der Waals surface area contributed by atoms with E-state index in [-0.39, 0.29) is 23.2 Å². The number of ether oxygens (including phenoxy) is 1. The number of aromatic hydroxyl groups is 1. The lowest BCUT2D eigenvalue weighted by Gasteiger charge is -2.20. The van der Waals surface area contributed by atoms with Crippen molar-refractivity contribution in [1.29, 1.82) is 5.26 Å². The van der Waals surface area contributed by atoms with Gasteiger partial charge in [-0.1, -0.05) is 42.5 Å². The first-order valence-electron chi connectivity index (χ1n) is 10.7. The fraction of sp³-hybridized carbons (Fsp3) is 0.111. The van der Waals surface area contributed by atoms with Crippen molar-refractivity contribution < 1.29 is 24.5 Å². The van der Waals surface area contributed by atoms with Gasteiger partial charge in [0.15, 0.2) is 11.4 Å². The third-order valence-corrected chi connectivity index (χ3v) is 5.50. The molecule has 1 heterocycles. The Morgan fingerprint density at radius 3 is 2.43 bits per heavy atom. The molecule has 0 saturated carbocycles. The molecule has 0 radical (unpaired) electrons. The summed E-state index contributed by atoms with van der Waals surface area (Å²) in [6.45, 7) is 1.81. The first kappa shape index (κ1) is 23.3. The van der Waals surface area contributed by atoms with E-state index in [0.29, 0.717) is 22.4 Å². The molecule has 3 N–H and O–H groups in total. The van der Waals surface area contributed by atoms with E-state index >= 15 is 0 Å². The maximum Gasteiger partial charge on any atom is 0.305 e. The number of carboxylic acid groups (broad SMARTS) is 1. The number of benzene rings is 3. The van der Waals surface area contributed by atoms with Gasteiger partial charge in [0.25, 0.3) is 5.91 Å². The molecule has 1 aromatic heterocycles. The molecule has 8 nitrogen and oxygen atoms in total. The van der Waals surface area contributed by atoms with E-state index < -0.39 is 23.7 Å². The number of nitrogens with one attached hydrogen (secondary N) is 1. The van der Waals surface area contributed by atoms with Crippen molar-refractivity contribution in [3.8, 4) is 23.3 Å². The highest BCUT2D eigenvalue weighted by atomic mass is 16.5. The summed E-state index contributed by atoms with van der Waals surface area (Å²) in [7, 11) is 0. The molecule has 0 spiro atoms. The van der Waals surface area contributed by atoms with Gasteiger partial charge in [-0.25, -0.2) is 4.98 Å². The number of aliphatic carboxylic acids is 1. The molecule has 35 heavy (non-hydrogen) atoms. The van der Waals surface area contributed by atoms with Gasteiger partial charge in [0.2, 0.25) is 0 Å². The van der Waals surface area contributed by atoms with Crippen LogP contribution in [0.3, 0.4) is 0 Å². The summed E-state index contributed by atoms with van der Waals surface area (Å²) in [6, 6.07) is 22.0. The third kappa shape index (κ3) is 5.04. The van der Waals surface area contributed by atoms with E-state index in [1.54, 1.807) is 36.4 Å². The van der Waals surface area contributed by atoms with Crippen LogP contribution in [0.15, 0.2) is 72.8 Å². The number of hydrogen-bond acceptors (Lipinski definition) is 6. The summed E-state index contributed by atoms with van der Waals surface area (Å²) in [5.74, 6) is -1.28. The molecular formula is C27H21N3O5. The van der Waals surface area contributed by atoms with Crippen LogP contribution in [0.4, 0.5) is 0 Å². The van der Waals surface area contributed by atoms with Crippen molar-refractivity contribution in [3.05, 3.63) is 95.3 Å². The maximum absolute atomic E-state index is 13.1. The van der Waals surface area contributed by atoms with Crippen LogP contribution in [0.5, 0.6) is 17.2 Å². The highest BCUT2D eigenvalue weighted by Crippen LogP contribution is 2.34. The average Bonchev–Trinajstić information content (AvgIpc) is 2.84. The molecule has 174 valence electrons. The van der Waals surface area contributed by atoms with Crippen molar-refractivity contribution in [2.45, 2.75) is 19.4 Å². The minimum absolute atomic E-state index is 0.0767. The number of carbonyl (C=O) groups is 2. The largest absolute Gasteiger partial charge is 0.505 e. The van der Waals surface area contributed by atoms with Crippen LogP contribution in [0.1, 0.15) is 39.8 Å². The number of fused-ring (bicyclic) bond motifs is 1. The number of nitriles is 1. The number of para-hydroxylation sites is 1. The number of pyridine rings is 1. The summed E-state index contributed by atoms with van der Waals surface area (Å²) >= 11 is 0. The first-order chi connectivity index (χ1) is 16.9. The van der Waals surface area contributed by atoms with Crippen LogP contribution in [0.2, 0.25) is 0 Å². The Morgan fingerprint density at radius 1 is 1.03 bits per heavy atom. The van der Waals surface area contributed by atoms with Gasteiger partial charge >= 0.3 is 5.97 Å². The molecule has 1 unspecified atom stereocenters. The molecule has 1 amide bonds. The lowest BCUT2D eigenvalue weighted by Crippen LogP contribution is -2.31. The van der Waals surface area contributed by atoms with Gasteiger partial charge in [-0.15, -0.1) is 0 Å². The highest BCUT2D eigenvalue weighted by molar-refractivity contribution is 6.03. The van der Waals surface area contributed by atoms with Crippen molar-refractivity contribution in [1.82, 2.24) is 10.3 Å². The van der Waals surface area contributed by atoms with Crippen LogP contribution in [-0.4, -0.2) is 27.1 Å². The predicted molar refractivity (Wildman–Crippen MR) is 128 cm³/mol. The standard InChI is InChI=1S/C27H21N3O5/c1-16-7-5-6-10-19(16)22(14-24(31)32)30-27(34)25-26(33)20-12-11-18(13-21(20)23(15-28)29-25)35-17-8-3-2-4-9-17/h2-13,22,33H,14H2,1H3,(H,30,34)(H,31,32). The van der Waals surface area contributed by atoms with Gasteiger partial charge in [0.1, 0.15) is 23.3 Å². The molecule has 0 aliphatic rings. The normalized spacial score (nSPS) is 11.4. The van der Waals surface area contributed by atoms with Crippen molar-refractivity contribution in [2.75, 3.05) is 0 Å². The molecule has 0 bridgehead atoms. The molecule has 4 rings (SSSR count). The molecule has 0 fully saturated rings. The lowest BCUT2D eigenvalue weighted by atomic mass is 9.98. The van der Waals surface area contributed by atoms with Crippen molar-refractivity contribution in [2.24, 2.45) is 0 Å². The predicted octanol–water partition coefficient (Wildman–Crippen LogP) is 4.86. The Hall–Kier alpha value is -4.90. The monoisotopic (exact) mass is 467 g/mol. The molecule has 1 atom stereocenters. The smallest absolute Gasteiger partial charge is 0.305 e. The molecule has 0 saturated heterocycles. The molecule has 0 aliphatic heterocycles. The lowest BCUT2D eigenvalue weighted by molar-refractivity contribution is -0.137. The SMILES string of the molecule is Cc1ccccc1C(CC(=O)O)NC(=O)c1nc(C#N)c2cc(Oc3ccccc3)ccc2c1O. The van der Waals surface area contributed by atoms with Gasteiger partial charge in [-0.2, -0.15) is 5.26 Å². The average molecular weight is 467 g/mol. The number of nitrogens with zero attached hydrogens (tertiary/aromatic N) is 2. The Morgan fingerprint density at radius 2 is 1.74 bits per heavy atom. The van der Waals surface area contributed by atoms with Crippen LogP contribution < -0.4 is 10.1 Å². The quantitative estimate of drug-likeness (QED) is 0.354. The zero-order chi connectivity index (χ0) is 24.9. The second kappa shape index (κ2) is 9.93. The van der Waals surface area contributed by atoms with Crippen LogP contribution in [0, 0.1) is 18.3 Å². The maximum atomic E-state index is 13.1. The fourth-order valence-corrected chi connectivity index (χ4v) is 3.83. The summed E-state index contributed by atoms with van der Waals surface area (Å²) < 4.78 is 5.80. The molecule has 0 aliphatic carbocycles. The van der Waals surface area contributed by atoms with E-state index in [0.717, 1.165) is 5.56 Å². The first-order valence-corrected chi connectivity index (χ1v) is 10.7. The van der Waals surface area contributed by atoms with Crippen molar-refractivity contribution in [3.63, 3.8) is 0 Å². The summed E-state index contributed by atoms with van der Waals surface area (Å²) in [5, 5.41) is 33.1. The van der Waals surface area contributed by atoms with Gasteiger partial charge in [0.05, 0.1) is 12.5 Å². The van der Waals surface area contributed by atoms with Crippen LogP contribution >= 0.6 is 0 Å². The number of aryl methyl sites for hydroxylation is 1. The number of aromatic nitrogens is 1. The molecular weight excluding hydrogens is 446 g/mol. The van der Waals surface area contributed by atoms with Crippen molar-refractivity contribution >= 4 is 22.6 Å². The highest BCUT2D eigenvalue weighted by Gasteiger charge is 2.25. The van der Waals surface area contributed by atoms with E-state index in [1.807, 2.05) is 43.3 Å². The minimum Gasteiger partial charge on any atom is -0.505 e. The van der Waals surface area contributed by atoms with E-state index in [9.17, 15) is 25.1 Å². The summed E-state index contributed by atoms with van der Waals surface area (Å²) in [6.07, 6.45) is -0.365. The number of carboxylic acids is 1. The Balaban J connectivity index is 1.70. The van der Waals surface area contributed by atoms with E-state index in [4.69, 9.17) is 4.74 Å². The Bertz CT molecular complexity index is 1460. The number of rotatable bonds is 7. The summed E-state index contributed by atoms with van der Waals surface area (Å²) in [5.41, 5.74) is 0.993. The van der Waals surface area contributed by atoms with Gasteiger partial charge in [-0.05, 0) is 48.4 Å². The van der Waals surface area contributed by atoms with Gasteiger partial charge in [0, 0.05) is 10.8 Å². The van der Waals surface area contributed by atoms with Crippen LogP contribution in [0.25, 0.3) is 10.8 Å². The van der Waals surface area contributed by atoms with Crippen LogP contribution in [-0.2, 0) is 4.79 Å². The molecule has 3 aromatic carbocycles.